The van der Waals surface area contributed by atoms with E-state index >= 15 is 0 Å². The largest absolute Gasteiger partial charge is 0.508 e. The maximum atomic E-state index is 9.42. The Bertz CT molecular complexity index is 618. The van der Waals surface area contributed by atoms with Crippen molar-refractivity contribution < 1.29 is 9.84 Å². The molecule has 0 amide bonds. The van der Waals surface area contributed by atoms with Crippen molar-refractivity contribution in [3.8, 4) is 11.5 Å². The van der Waals surface area contributed by atoms with Crippen LogP contribution in [-0.2, 0) is 0 Å². The predicted molar refractivity (Wildman–Crippen MR) is 78.2 cm³/mol. The van der Waals surface area contributed by atoms with Gasteiger partial charge in [-0.2, -0.15) is 0 Å². The second-order valence-corrected chi connectivity index (χ2v) is 5.98. The fraction of sp³-hybridized carbons (Fsp3) is 0.333. The van der Waals surface area contributed by atoms with Crippen LogP contribution in [0.25, 0.3) is 0 Å². The van der Waals surface area contributed by atoms with E-state index in [4.69, 9.17) is 4.74 Å². The van der Waals surface area contributed by atoms with E-state index in [-0.39, 0.29) is 0 Å². The first-order valence-corrected chi connectivity index (χ1v) is 7.32. The number of para-hydroxylation sites is 1. The van der Waals surface area contributed by atoms with Crippen LogP contribution in [0.2, 0.25) is 0 Å². The maximum absolute atomic E-state index is 9.42. The molecule has 1 aliphatic carbocycles. The van der Waals surface area contributed by atoms with Crippen molar-refractivity contribution in [1.82, 2.24) is 0 Å². The molecule has 3 unspecified atom stereocenters. The highest BCUT2D eigenvalue weighted by Gasteiger charge is 2.39. The molecule has 4 rings (SSSR count). The van der Waals surface area contributed by atoms with Crippen LogP contribution in [-0.4, -0.2) is 11.7 Å². The van der Waals surface area contributed by atoms with E-state index in [1.165, 1.54) is 24.0 Å². The van der Waals surface area contributed by atoms with E-state index < -0.39 is 0 Å². The molecule has 0 bridgehead atoms. The summed E-state index contributed by atoms with van der Waals surface area (Å²) in [6, 6.07) is 16.2. The Morgan fingerprint density at radius 1 is 0.950 bits per heavy atom. The molecule has 0 aromatic heterocycles. The molecule has 2 nitrogen and oxygen atoms in total. The zero-order valence-corrected chi connectivity index (χ0v) is 11.3. The summed E-state index contributed by atoms with van der Waals surface area (Å²) in [6.07, 6.45) is 2.37. The van der Waals surface area contributed by atoms with E-state index in [2.05, 4.69) is 30.3 Å². The summed E-state index contributed by atoms with van der Waals surface area (Å²) in [6.45, 7) is 0.844. The topological polar surface area (TPSA) is 29.5 Å². The SMILES string of the molecule is Oc1ccc(C2CC3COc4ccccc4C3C2)cc1. The van der Waals surface area contributed by atoms with Crippen LogP contribution in [0.5, 0.6) is 11.5 Å². The Morgan fingerprint density at radius 2 is 1.75 bits per heavy atom. The third-order valence-electron chi connectivity index (χ3n) is 4.83. The molecule has 2 heteroatoms. The smallest absolute Gasteiger partial charge is 0.122 e. The summed E-state index contributed by atoms with van der Waals surface area (Å²) in [5.74, 6) is 3.25. The van der Waals surface area contributed by atoms with Crippen LogP contribution in [0, 0.1) is 5.92 Å². The Hall–Kier alpha value is -1.96. The normalized spacial score (nSPS) is 27.5. The first-order chi connectivity index (χ1) is 9.81. The minimum Gasteiger partial charge on any atom is -0.508 e. The molecule has 1 fully saturated rings. The highest BCUT2D eigenvalue weighted by atomic mass is 16.5. The van der Waals surface area contributed by atoms with Crippen molar-refractivity contribution in [2.24, 2.45) is 5.92 Å². The summed E-state index contributed by atoms with van der Waals surface area (Å²) < 4.78 is 5.90. The zero-order chi connectivity index (χ0) is 13.5. The van der Waals surface area contributed by atoms with Crippen LogP contribution in [0.4, 0.5) is 0 Å². The van der Waals surface area contributed by atoms with Gasteiger partial charge in [0.15, 0.2) is 0 Å². The summed E-state index contributed by atoms with van der Waals surface area (Å²) in [5.41, 5.74) is 2.72. The fourth-order valence-corrected chi connectivity index (χ4v) is 3.82. The Kier molecular flexibility index (Phi) is 2.69. The van der Waals surface area contributed by atoms with Crippen LogP contribution >= 0.6 is 0 Å². The molecule has 20 heavy (non-hydrogen) atoms. The van der Waals surface area contributed by atoms with Crippen molar-refractivity contribution in [3.63, 3.8) is 0 Å². The number of hydrogen-bond donors (Lipinski definition) is 1. The summed E-state index contributed by atoms with van der Waals surface area (Å²) in [7, 11) is 0. The van der Waals surface area contributed by atoms with Crippen molar-refractivity contribution >= 4 is 0 Å². The molecule has 1 saturated carbocycles. The number of aromatic hydroxyl groups is 1. The summed E-state index contributed by atoms with van der Waals surface area (Å²) in [4.78, 5) is 0. The van der Waals surface area contributed by atoms with Gasteiger partial charge in [-0.05, 0) is 54.0 Å². The average molecular weight is 266 g/mol. The van der Waals surface area contributed by atoms with Gasteiger partial charge in [0.1, 0.15) is 11.5 Å². The Balaban J connectivity index is 1.63. The van der Waals surface area contributed by atoms with Crippen molar-refractivity contribution in [3.05, 3.63) is 59.7 Å². The van der Waals surface area contributed by atoms with Gasteiger partial charge in [0.25, 0.3) is 0 Å². The predicted octanol–water partition coefficient (Wildman–Crippen LogP) is 4.06. The quantitative estimate of drug-likeness (QED) is 0.843. The molecule has 3 atom stereocenters. The molecule has 102 valence electrons. The van der Waals surface area contributed by atoms with Gasteiger partial charge in [-0.25, -0.2) is 0 Å². The molecule has 0 radical (unpaired) electrons. The summed E-state index contributed by atoms with van der Waals surface area (Å²) in [5, 5.41) is 9.42. The number of benzene rings is 2. The van der Waals surface area contributed by atoms with Crippen LogP contribution < -0.4 is 4.74 Å². The van der Waals surface area contributed by atoms with Gasteiger partial charge in [0.2, 0.25) is 0 Å². The molecular formula is C18H18O2. The first kappa shape index (κ1) is 11.8. The van der Waals surface area contributed by atoms with Gasteiger partial charge in [0, 0.05) is 5.92 Å². The number of fused-ring (bicyclic) bond motifs is 3. The van der Waals surface area contributed by atoms with Crippen LogP contribution in [0.1, 0.15) is 35.8 Å². The van der Waals surface area contributed by atoms with Gasteiger partial charge >= 0.3 is 0 Å². The Morgan fingerprint density at radius 3 is 2.60 bits per heavy atom. The van der Waals surface area contributed by atoms with E-state index in [9.17, 15) is 5.11 Å². The van der Waals surface area contributed by atoms with Crippen molar-refractivity contribution in [1.29, 1.82) is 0 Å². The van der Waals surface area contributed by atoms with Crippen molar-refractivity contribution in [2.45, 2.75) is 24.7 Å². The number of phenolic OH excluding ortho intramolecular Hbond substituents is 1. The lowest BCUT2D eigenvalue weighted by Crippen LogP contribution is -2.21. The first-order valence-electron chi connectivity index (χ1n) is 7.32. The third-order valence-corrected chi connectivity index (χ3v) is 4.83. The lowest BCUT2D eigenvalue weighted by molar-refractivity contribution is 0.209. The second kappa shape index (κ2) is 4.55. The molecule has 2 aromatic carbocycles. The standard InChI is InChI=1S/C18H18O2/c19-15-7-5-12(6-8-15)13-9-14-11-20-18-4-2-1-3-16(18)17(14)10-13/h1-8,13-14,17,19H,9-11H2. The minimum atomic E-state index is 0.345. The molecule has 2 aliphatic rings. The number of hydrogen-bond acceptors (Lipinski definition) is 2. The third kappa shape index (κ3) is 1.87. The van der Waals surface area contributed by atoms with E-state index in [1.54, 1.807) is 12.1 Å². The van der Waals surface area contributed by atoms with E-state index in [1.807, 2.05) is 6.07 Å². The number of phenols is 1. The van der Waals surface area contributed by atoms with Gasteiger partial charge in [-0.1, -0.05) is 30.3 Å². The molecule has 2 aromatic rings. The van der Waals surface area contributed by atoms with Crippen molar-refractivity contribution in [2.75, 3.05) is 6.61 Å². The van der Waals surface area contributed by atoms with E-state index in [0.29, 0.717) is 23.5 Å². The number of rotatable bonds is 1. The molecule has 1 N–H and O–H groups in total. The average Bonchev–Trinajstić information content (AvgIpc) is 2.92. The molecule has 1 heterocycles. The molecule has 0 spiro atoms. The molecule has 0 saturated heterocycles. The fourth-order valence-electron chi connectivity index (χ4n) is 3.82. The summed E-state index contributed by atoms with van der Waals surface area (Å²) >= 11 is 0. The monoisotopic (exact) mass is 266 g/mol. The van der Waals surface area contributed by atoms with E-state index in [0.717, 1.165) is 12.4 Å². The zero-order valence-electron chi connectivity index (χ0n) is 11.3. The Labute approximate surface area is 119 Å². The highest BCUT2D eigenvalue weighted by Crippen LogP contribution is 2.52. The van der Waals surface area contributed by atoms with Gasteiger partial charge in [0.05, 0.1) is 6.61 Å². The van der Waals surface area contributed by atoms with Crippen LogP contribution in [0.3, 0.4) is 0 Å². The number of ether oxygens (including phenoxy) is 1. The lowest BCUT2D eigenvalue weighted by Gasteiger charge is -2.28. The molecule has 1 aliphatic heterocycles. The highest BCUT2D eigenvalue weighted by molar-refractivity contribution is 5.40. The molecular weight excluding hydrogens is 248 g/mol. The second-order valence-electron chi connectivity index (χ2n) is 5.98. The van der Waals surface area contributed by atoms with Gasteiger partial charge in [-0.3, -0.25) is 0 Å². The van der Waals surface area contributed by atoms with Gasteiger partial charge in [-0.15, -0.1) is 0 Å². The lowest BCUT2D eigenvalue weighted by atomic mass is 9.87. The minimum absolute atomic E-state index is 0.345. The van der Waals surface area contributed by atoms with Gasteiger partial charge < -0.3 is 9.84 Å². The maximum Gasteiger partial charge on any atom is 0.122 e. The van der Waals surface area contributed by atoms with Crippen LogP contribution in [0.15, 0.2) is 48.5 Å².